The minimum atomic E-state index is -0.193. The molecular weight excluding hydrogens is 326 g/mol. The van der Waals surface area contributed by atoms with Gasteiger partial charge in [-0.05, 0) is 48.7 Å². The van der Waals surface area contributed by atoms with Gasteiger partial charge in [-0.3, -0.25) is 14.5 Å². The molecule has 5 heteroatoms. The van der Waals surface area contributed by atoms with E-state index in [0.29, 0.717) is 11.6 Å². The lowest BCUT2D eigenvalue weighted by molar-refractivity contribution is -0.130. The summed E-state index contributed by atoms with van der Waals surface area (Å²) in [6.07, 6.45) is 3.42. The van der Waals surface area contributed by atoms with Crippen LogP contribution in [-0.2, 0) is 4.79 Å². The van der Waals surface area contributed by atoms with E-state index in [0.717, 1.165) is 43.4 Å². The first-order chi connectivity index (χ1) is 12.7. The standard InChI is InChI=1S/C21H25N3O2/c25-20(24-12-4-11-23-10-3-7-19(23)15-24)14-22-21(26)18-9-8-16-5-1-2-6-17(16)13-18/h1-2,5-6,8-9,13,19H,3-4,7,10-12,14-15H2,(H,22,26). The van der Waals surface area contributed by atoms with Crippen LogP contribution in [0.1, 0.15) is 29.6 Å². The largest absolute Gasteiger partial charge is 0.343 e. The van der Waals surface area contributed by atoms with Crippen molar-refractivity contribution in [1.29, 1.82) is 0 Å². The molecule has 4 rings (SSSR count). The molecule has 2 saturated heterocycles. The highest BCUT2D eigenvalue weighted by molar-refractivity contribution is 6.00. The molecule has 2 heterocycles. The van der Waals surface area contributed by atoms with Gasteiger partial charge in [-0.1, -0.05) is 30.3 Å². The number of amides is 2. The predicted molar refractivity (Wildman–Crippen MR) is 102 cm³/mol. The van der Waals surface area contributed by atoms with Crippen LogP contribution in [0.3, 0.4) is 0 Å². The number of hydrogen-bond acceptors (Lipinski definition) is 3. The SMILES string of the molecule is O=C(NCC(=O)N1CCCN2CCCC2C1)c1ccc2ccccc2c1. The van der Waals surface area contributed by atoms with E-state index in [1.165, 1.54) is 12.8 Å². The molecule has 2 aliphatic heterocycles. The topological polar surface area (TPSA) is 52.7 Å². The van der Waals surface area contributed by atoms with Crippen molar-refractivity contribution in [2.45, 2.75) is 25.3 Å². The van der Waals surface area contributed by atoms with E-state index in [1.54, 1.807) is 0 Å². The number of carbonyl (C=O) groups is 2. The van der Waals surface area contributed by atoms with E-state index in [4.69, 9.17) is 0 Å². The van der Waals surface area contributed by atoms with Gasteiger partial charge in [0.2, 0.25) is 5.91 Å². The fraction of sp³-hybridized carbons (Fsp3) is 0.429. The van der Waals surface area contributed by atoms with Crippen LogP contribution in [-0.4, -0.2) is 60.4 Å². The molecule has 0 aliphatic carbocycles. The average molecular weight is 351 g/mol. The zero-order chi connectivity index (χ0) is 17.9. The minimum Gasteiger partial charge on any atom is -0.343 e. The highest BCUT2D eigenvalue weighted by atomic mass is 16.2. The van der Waals surface area contributed by atoms with Gasteiger partial charge in [0.1, 0.15) is 0 Å². The van der Waals surface area contributed by atoms with Gasteiger partial charge in [0.25, 0.3) is 5.91 Å². The summed E-state index contributed by atoms with van der Waals surface area (Å²) in [5, 5.41) is 4.93. The molecule has 5 nitrogen and oxygen atoms in total. The van der Waals surface area contributed by atoms with Crippen molar-refractivity contribution in [3.8, 4) is 0 Å². The van der Waals surface area contributed by atoms with Crippen molar-refractivity contribution in [3.05, 3.63) is 48.0 Å². The molecule has 1 atom stereocenters. The van der Waals surface area contributed by atoms with Crippen molar-refractivity contribution in [3.63, 3.8) is 0 Å². The summed E-state index contributed by atoms with van der Waals surface area (Å²) < 4.78 is 0. The van der Waals surface area contributed by atoms with Crippen molar-refractivity contribution in [1.82, 2.24) is 15.1 Å². The van der Waals surface area contributed by atoms with E-state index < -0.39 is 0 Å². The molecule has 0 spiro atoms. The molecule has 26 heavy (non-hydrogen) atoms. The smallest absolute Gasteiger partial charge is 0.251 e. The third-order valence-corrected chi connectivity index (χ3v) is 5.57. The Labute approximate surface area is 154 Å². The number of nitrogens with one attached hydrogen (secondary N) is 1. The molecule has 1 N–H and O–H groups in total. The summed E-state index contributed by atoms with van der Waals surface area (Å²) in [6.45, 7) is 3.89. The maximum Gasteiger partial charge on any atom is 0.251 e. The van der Waals surface area contributed by atoms with Gasteiger partial charge in [-0.2, -0.15) is 0 Å². The molecule has 0 aromatic heterocycles. The third-order valence-electron chi connectivity index (χ3n) is 5.57. The molecular formula is C21H25N3O2. The van der Waals surface area contributed by atoms with Crippen LogP contribution in [0, 0.1) is 0 Å². The highest BCUT2D eigenvalue weighted by Gasteiger charge is 2.30. The Morgan fingerprint density at radius 2 is 1.81 bits per heavy atom. The van der Waals surface area contributed by atoms with E-state index in [9.17, 15) is 9.59 Å². The van der Waals surface area contributed by atoms with Crippen LogP contribution in [0.25, 0.3) is 10.8 Å². The second kappa shape index (κ2) is 7.46. The van der Waals surface area contributed by atoms with Gasteiger partial charge in [0.15, 0.2) is 0 Å². The summed E-state index contributed by atoms with van der Waals surface area (Å²) in [7, 11) is 0. The van der Waals surface area contributed by atoms with E-state index in [-0.39, 0.29) is 18.4 Å². The van der Waals surface area contributed by atoms with Crippen LogP contribution in [0.15, 0.2) is 42.5 Å². The zero-order valence-corrected chi connectivity index (χ0v) is 15.0. The van der Waals surface area contributed by atoms with E-state index in [1.807, 2.05) is 47.4 Å². The Kier molecular flexibility index (Phi) is 4.89. The molecule has 0 radical (unpaired) electrons. The number of carbonyl (C=O) groups excluding carboxylic acids is 2. The first-order valence-corrected chi connectivity index (χ1v) is 9.49. The molecule has 0 saturated carbocycles. The van der Waals surface area contributed by atoms with Crippen LogP contribution < -0.4 is 5.32 Å². The first-order valence-electron chi connectivity index (χ1n) is 9.49. The predicted octanol–water partition coefficient (Wildman–Crippen LogP) is 2.27. The van der Waals surface area contributed by atoms with Gasteiger partial charge in [-0.25, -0.2) is 0 Å². The second-order valence-electron chi connectivity index (χ2n) is 7.27. The summed E-state index contributed by atoms with van der Waals surface area (Å²) in [4.78, 5) is 29.4. The molecule has 2 amide bonds. The normalized spacial score (nSPS) is 20.6. The fourth-order valence-corrected chi connectivity index (χ4v) is 4.13. The number of fused-ring (bicyclic) bond motifs is 2. The fourth-order valence-electron chi connectivity index (χ4n) is 4.13. The number of nitrogens with zero attached hydrogens (tertiary/aromatic N) is 2. The maximum absolute atomic E-state index is 12.6. The molecule has 2 aliphatic rings. The molecule has 136 valence electrons. The van der Waals surface area contributed by atoms with Crippen LogP contribution >= 0.6 is 0 Å². The Balaban J connectivity index is 1.36. The Morgan fingerprint density at radius 3 is 2.69 bits per heavy atom. The third kappa shape index (κ3) is 3.58. The average Bonchev–Trinajstić information content (AvgIpc) is 3.02. The van der Waals surface area contributed by atoms with Gasteiger partial charge in [0.05, 0.1) is 6.54 Å². The van der Waals surface area contributed by atoms with Gasteiger partial charge in [-0.15, -0.1) is 0 Å². The van der Waals surface area contributed by atoms with Gasteiger partial charge < -0.3 is 10.2 Å². The van der Waals surface area contributed by atoms with Crippen LogP contribution in [0.4, 0.5) is 0 Å². The van der Waals surface area contributed by atoms with Gasteiger partial charge in [0, 0.05) is 31.2 Å². The van der Waals surface area contributed by atoms with E-state index in [2.05, 4.69) is 10.2 Å². The first kappa shape index (κ1) is 17.0. The summed E-state index contributed by atoms with van der Waals surface area (Å²) in [6, 6.07) is 14.1. The lowest BCUT2D eigenvalue weighted by atomic mass is 10.1. The zero-order valence-electron chi connectivity index (χ0n) is 15.0. The van der Waals surface area contributed by atoms with Crippen molar-refractivity contribution >= 4 is 22.6 Å². The van der Waals surface area contributed by atoms with Crippen LogP contribution in [0.2, 0.25) is 0 Å². The molecule has 2 aromatic carbocycles. The summed E-state index contributed by atoms with van der Waals surface area (Å²) in [5.74, 6) is -0.172. The Morgan fingerprint density at radius 1 is 1.00 bits per heavy atom. The maximum atomic E-state index is 12.6. The van der Waals surface area contributed by atoms with Gasteiger partial charge >= 0.3 is 0 Å². The summed E-state index contributed by atoms with van der Waals surface area (Å²) >= 11 is 0. The second-order valence-corrected chi connectivity index (χ2v) is 7.27. The minimum absolute atomic E-state index is 0.0212. The molecule has 1 unspecified atom stereocenters. The highest BCUT2D eigenvalue weighted by Crippen LogP contribution is 2.21. The molecule has 2 fully saturated rings. The number of benzene rings is 2. The molecule has 0 bridgehead atoms. The molecule has 2 aromatic rings. The number of rotatable bonds is 3. The lowest BCUT2D eigenvalue weighted by Gasteiger charge is -2.25. The van der Waals surface area contributed by atoms with E-state index >= 15 is 0 Å². The number of hydrogen-bond donors (Lipinski definition) is 1. The lowest BCUT2D eigenvalue weighted by Crippen LogP contribution is -2.44. The van der Waals surface area contributed by atoms with Crippen molar-refractivity contribution in [2.24, 2.45) is 0 Å². The Bertz CT molecular complexity index is 820. The van der Waals surface area contributed by atoms with Crippen LogP contribution in [0.5, 0.6) is 0 Å². The quantitative estimate of drug-likeness (QED) is 0.923. The van der Waals surface area contributed by atoms with Crippen molar-refractivity contribution < 1.29 is 9.59 Å². The van der Waals surface area contributed by atoms with Crippen molar-refractivity contribution in [2.75, 3.05) is 32.7 Å². The monoisotopic (exact) mass is 351 g/mol. The summed E-state index contributed by atoms with van der Waals surface area (Å²) in [5.41, 5.74) is 0.592. The Hall–Kier alpha value is -2.40.